The smallest absolute Gasteiger partial charge is 0.337 e. The van der Waals surface area contributed by atoms with E-state index < -0.39 is 0 Å². The zero-order valence-electron chi connectivity index (χ0n) is 24.7. The van der Waals surface area contributed by atoms with E-state index in [0.717, 1.165) is 73.5 Å². The maximum absolute atomic E-state index is 12.1. The Kier molecular flexibility index (Phi) is 6.71. The molecule has 0 aliphatic carbocycles. The Hall–Kier alpha value is -5.67. The van der Waals surface area contributed by atoms with E-state index in [1.807, 2.05) is 60.7 Å². The minimum Gasteiger partial charge on any atom is -0.465 e. The van der Waals surface area contributed by atoms with Crippen LogP contribution in [0.25, 0.3) is 45.3 Å². The number of carbonyl (C=O) groups excluding carboxylic acids is 1. The van der Waals surface area contributed by atoms with E-state index in [9.17, 15) is 4.79 Å². The summed E-state index contributed by atoms with van der Waals surface area (Å²) >= 11 is 0. The van der Waals surface area contributed by atoms with Crippen LogP contribution in [0.5, 0.6) is 0 Å². The lowest BCUT2D eigenvalue weighted by Gasteiger charge is -2.15. The molecule has 0 unspecified atom stereocenters. The SMILES string of the molecule is COC(=O)c1ccc(-c2c3nc(cc4[nH]c(cc5nc(cc6ccc2[nH]6)CC5(C)C)cc4C#Cc2ccccc2)C=C3)cc1. The standard InChI is InChI=1S/C38H30N4O2/c1-38(2)23-31-20-28-15-17-32(39-28)36(25-11-13-26(14-12-25)37(43)44-3)33-18-16-29(40-33)21-34-27(10-9-24-7-5-4-6-8-24)19-30(41-34)22-35(38)42-31/h4-8,11-22,39,41H,23H2,1-3H3. The van der Waals surface area contributed by atoms with Crippen LogP contribution < -0.4 is 0 Å². The zero-order valence-corrected chi connectivity index (χ0v) is 24.7. The van der Waals surface area contributed by atoms with Gasteiger partial charge < -0.3 is 14.7 Å². The normalized spacial score (nSPS) is 13.2. The van der Waals surface area contributed by atoms with Crippen LogP contribution in [0.1, 0.15) is 58.1 Å². The molecule has 2 N–H and O–H groups in total. The average molecular weight is 575 g/mol. The van der Waals surface area contributed by atoms with E-state index in [0.29, 0.717) is 5.56 Å². The second-order valence-electron chi connectivity index (χ2n) is 11.7. The molecule has 0 atom stereocenters. The number of H-pyrrole nitrogens is 2. The monoisotopic (exact) mass is 574 g/mol. The first-order valence-electron chi connectivity index (χ1n) is 14.5. The largest absolute Gasteiger partial charge is 0.465 e. The van der Waals surface area contributed by atoms with Crippen LogP contribution in [-0.2, 0) is 16.6 Å². The van der Waals surface area contributed by atoms with Gasteiger partial charge in [0.1, 0.15) is 0 Å². The zero-order chi connectivity index (χ0) is 30.3. The number of ether oxygens (including phenoxy) is 1. The minimum atomic E-state index is -0.371. The lowest BCUT2D eigenvalue weighted by Crippen LogP contribution is -2.14. The number of esters is 1. The summed E-state index contributed by atoms with van der Waals surface area (Å²) in [4.78, 5) is 29.4. The second kappa shape index (κ2) is 10.9. The molecule has 0 spiro atoms. The van der Waals surface area contributed by atoms with Gasteiger partial charge >= 0.3 is 5.97 Å². The van der Waals surface area contributed by atoms with E-state index in [1.54, 1.807) is 12.1 Å². The van der Waals surface area contributed by atoms with Crippen LogP contribution in [0, 0.1) is 11.8 Å². The predicted octanol–water partition coefficient (Wildman–Crippen LogP) is 7.86. The number of nitrogens with zero attached hydrogens (tertiary/aromatic N) is 2. The number of carbonyl (C=O) groups is 1. The fourth-order valence-corrected chi connectivity index (χ4v) is 5.69. The van der Waals surface area contributed by atoms with Crippen molar-refractivity contribution < 1.29 is 9.53 Å². The third kappa shape index (κ3) is 5.32. The van der Waals surface area contributed by atoms with E-state index in [1.165, 1.54) is 7.11 Å². The van der Waals surface area contributed by atoms with Gasteiger partial charge in [0.25, 0.3) is 0 Å². The second-order valence-corrected chi connectivity index (χ2v) is 11.7. The maximum Gasteiger partial charge on any atom is 0.337 e. The molecule has 5 aromatic rings. The fourth-order valence-electron chi connectivity index (χ4n) is 5.69. The first-order chi connectivity index (χ1) is 21.3. The summed E-state index contributed by atoms with van der Waals surface area (Å²) in [6, 6.07) is 29.9. The molecule has 5 heterocycles. The summed E-state index contributed by atoms with van der Waals surface area (Å²) in [5.74, 6) is 6.30. The number of methoxy groups -OCH3 is 1. The molecule has 0 radical (unpaired) electrons. The summed E-state index contributed by atoms with van der Waals surface area (Å²) in [5.41, 5.74) is 11.4. The van der Waals surface area contributed by atoms with Crippen LogP contribution in [-0.4, -0.2) is 33.0 Å². The molecule has 44 heavy (non-hydrogen) atoms. The molecule has 0 fully saturated rings. The minimum absolute atomic E-state index is 0.125. The van der Waals surface area contributed by atoms with E-state index >= 15 is 0 Å². The fraction of sp³-hybridized carbons (Fsp3) is 0.132. The summed E-state index contributed by atoms with van der Waals surface area (Å²) in [6.45, 7) is 4.45. The number of hydrogen-bond acceptors (Lipinski definition) is 4. The molecule has 8 bridgehead atoms. The molecule has 2 aliphatic rings. The van der Waals surface area contributed by atoms with Crippen molar-refractivity contribution >= 4 is 40.2 Å². The summed E-state index contributed by atoms with van der Waals surface area (Å²) in [5, 5.41) is 0. The quantitative estimate of drug-likeness (QED) is 0.163. The number of hydrogen-bond donors (Lipinski definition) is 2. The van der Waals surface area contributed by atoms with Gasteiger partial charge in [0, 0.05) is 50.9 Å². The van der Waals surface area contributed by atoms with Gasteiger partial charge in [-0.05, 0) is 78.4 Å². The number of benzene rings is 2. The Balaban J connectivity index is 1.50. The van der Waals surface area contributed by atoms with Crippen molar-refractivity contribution in [2.24, 2.45) is 0 Å². The van der Waals surface area contributed by atoms with Crippen molar-refractivity contribution in [2.75, 3.05) is 7.11 Å². The van der Waals surface area contributed by atoms with Crippen molar-refractivity contribution in [3.05, 3.63) is 130 Å². The predicted molar refractivity (Wildman–Crippen MR) is 176 cm³/mol. The highest BCUT2D eigenvalue weighted by Crippen LogP contribution is 2.33. The van der Waals surface area contributed by atoms with Gasteiger partial charge in [0.05, 0.1) is 35.1 Å². The van der Waals surface area contributed by atoms with Crippen molar-refractivity contribution in [1.29, 1.82) is 0 Å². The molecule has 2 aromatic carbocycles. The molecular formula is C38H30N4O2. The molecular weight excluding hydrogens is 544 g/mol. The Labute approximate surface area is 255 Å². The molecule has 3 aromatic heterocycles. The number of aromatic amines is 2. The van der Waals surface area contributed by atoms with Gasteiger partial charge in [-0.25, -0.2) is 9.78 Å². The van der Waals surface area contributed by atoms with Crippen LogP contribution in [0.15, 0.2) is 91.0 Å². The molecule has 2 aliphatic heterocycles. The van der Waals surface area contributed by atoms with E-state index in [2.05, 4.69) is 66.0 Å². The van der Waals surface area contributed by atoms with Gasteiger partial charge in [-0.1, -0.05) is 56.0 Å². The molecule has 6 nitrogen and oxygen atoms in total. The van der Waals surface area contributed by atoms with Gasteiger partial charge in [-0.3, -0.25) is 4.98 Å². The van der Waals surface area contributed by atoms with Crippen LogP contribution >= 0.6 is 0 Å². The van der Waals surface area contributed by atoms with Crippen LogP contribution in [0.2, 0.25) is 0 Å². The number of rotatable bonds is 2. The maximum atomic E-state index is 12.1. The summed E-state index contributed by atoms with van der Waals surface area (Å²) < 4.78 is 4.90. The number of nitrogens with one attached hydrogen (secondary N) is 2. The molecule has 214 valence electrons. The van der Waals surface area contributed by atoms with Gasteiger partial charge in [0.15, 0.2) is 0 Å². The Morgan fingerprint density at radius 2 is 1.61 bits per heavy atom. The van der Waals surface area contributed by atoms with Crippen molar-refractivity contribution in [2.45, 2.75) is 25.7 Å². The molecule has 0 amide bonds. The highest BCUT2D eigenvalue weighted by atomic mass is 16.5. The summed E-state index contributed by atoms with van der Waals surface area (Å²) in [6.07, 6.45) is 4.86. The van der Waals surface area contributed by atoms with Crippen LogP contribution in [0.3, 0.4) is 0 Å². The van der Waals surface area contributed by atoms with E-state index in [-0.39, 0.29) is 11.4 Å². The molecule has 7 rings (SSSR count). The first kappa shape index (κ1) is 27.2. The molecule has 0 saturated carbocycles. The van der Waals surface area contributed by atoms with E-state index in [4.69, 9.17) is 14.7 Å². The van der Waals surface area contributed by atoms with Crippen molar-refractivity contribution in [3.63, 3.8) is 0 Å². The third-order valence-corrected chi connectivity index (χ3v) is 7.96. The molecule has 6 heteroatoms. The highest BCUT2D eigenvalue weighted by Gasteiger charge is 2.28. The highest BCUT2D eigenvalue weighted by molar-refractivity contribution is 5.93. The lowest BCUT2D eigenvalue weighted by molar-refractivity contribution is 0.0600. The van der Waals surface area contributed by atoms with Crippen molar-refractivity contribution in [3.8, 4) is 23.0 Å². The van der Waals surface area contributed by atoms with Gasteiger partial charge in [0.2, 0.25) is 0 Å². The van der Waals surface area contributed by atoms with Crippen molar-refractivity contribution in [1.82, 2.24) is 19.9 Å². The first-order valence-corrected chi connectivity index (χ1v) is 14.5. The number of fused-ring (bicyclic) bond motifs is 8. The van der Waals surface area contributed by atoms with Gasteiger partial charge in [-0.2, -0.15) is 0 Å². The summed E-state index contributed by atoms with van der Waals surface area (Å²) in [7, 11) is 1.38. The topological polar surface area (TPSA) is 83.7 Å². The number of aromatic nitrogens is 4. The van der Waals surface area contributed by atoms with Gasteiger partial charge in [-0.15, -0.1) is 0 Å². The third-order valence-electron chi connectivity index (χ3n) is 7.96. The molecule has 0 saturated heterocycles. The van der Waals surface area contributed by atoms with Crippen LogP contribution in [0.4, 0.5) is 0 Å². The Morgan fingerprint density at radius 3 is 2.41 bits per heavy atom. The Morgan fingerprint density at radius 1 is 0.818 bits per heavy atom. The lowest BCUT2D eigenvalue weighted by atomic mass is 9.87. The Bertz CT molecular complexity index is 2170. The average Bonchev–Trinajstić information content (AvgIpc) is 3.81.